The largest absolute Gasteiger partial charge is 0.507 e. The number of phenols is 2. The van der Waals surface area contributed by atoms with Gasteiger partial charge < -0.3 is 14.9 Å². The van der Waals surface area contributed by atoms with Gasteiger partial charge in [0.15, 0.2) is 23.1 Å². The number of phenolic OH excluding ortho intramolecular Hbond substituents is 2. The molecule has 0 aliphatic carbocycles. The van der Waals surface area contributed by atoms with Gasteiger partial charge in [0.25, 0.3) is 0 Å². The third-order valence-electron chi connectivity index (χ3n) is 3.08. The van der Waals surface area contributed by atoms with E-state index >= 15 is 0 Å². The second-order valence-electron chi connectivity index (χ2n) is 4.41. The van der Waals surface area contributed by atoms with Crippen LogP contribution in [-0.4, -0.2) is 32.5 Å². The number of aromatic hydroxyl groups is 2. The zero-order valence-electron chi connectivity index (χ0n) is 11.2. The van der Waals surface area contributed by atoms with Crippen molar-refractivity contribution in [3.05, 3.63) is 42.5 Å². The van der Waals surface area contributed by atoms with Gasteiger partial charge in [0.05, 0.1) is 12.7 Å². The molecule has 3 rings (SSSR count). The number of benzene rings is 2. The molecule has 3 aromatic rings. The summed E-state index contributed by atoms with van der Waals surface area (Å²) < 4.78 is 5.06. The van der Waals surface area contributed by atoms with E-state index in [1.165, 1.54) is 13.2 Å². The Labute approximate surface area is 120 Å². The Hall–Kier alpha value is -3.02. The molecule has 0 unspecified atom stereocenters. The number of hydrogen-bond donors (Lipinski definition) is 3. The fourth-order valence-electron chi connectivity index (χ4n) is 2.00. The van der Waals surface area contributed by atoms with Crippen LogP contribution in [0.5, 0.6) is 17.2 Å². The highest BCUT2D eigenvalue weighted by Gasteiger charge is 2.12. The highest BCUT2D eigenvalue weighted by Crippen LogP contribution is 2.31. The van der Waals surface area contributed by atoms with Crippen LogP contribution in [0.3, 0.4) is 0 Å². The maximum absolute atomic E-state index is 9.82. The smallest absolute Gasteiger partial charge is 0.181 e. The van der Waals surface area contributed by atoms with E-state index in [2.05, 4.69) is 15.2 Å². The van der Waals surface area contributed by atoms with E-state index in [1.54, 1.807) is 36.4 Å². The first-order valence-electron chi connectivity index (χ1n) is 6.27. The minimum absolute atomic E-state index is 0.0534. The van der Waals surface area contributed by atoms with Gasteiger partial charge >= 0.3 is 0 Å². The predicted octanol–water partition coefficient (Wildman–Crippen LogP) is 2.56. The summed E-state index contributed by atoms with van der Waals surface area (Å²) in [6, 6.07) is 11.7. The van der Waals surface area contributed by atoms with Crippen molar-refractivity contribution in [3.63, 3.8) is 0 Å². The monoisotopic (exact) mass is 283 g/mol. The van der Waals surface area contributed by atoms with Gasteiger partial charge in [-0.05, 0) is 30.3 Å². The average molecular weight is 283 g/mol. The molecule has 1 heterocycles. The molecule has 0 bridgehead atoms. The number of methoxy groups -OCH3 is 1. The summed E-state index contributed by atoms with van der Waals surface area (Å²) in [5, 5.41) is 26.3. The van der Waals surface area contributed by atoms with Gasteiger partial charge in [-0.1, -0.05) is 12.1 Å². The molecule has 0 aliphatic rings. The van der Waals surface area contributed by atoms with Crippen LogP contribution in [0.2, 0.25) is 0 Å². The van der Waals surface area contributed by atoms with E-state index in [9.17, 15) is 10.2 Å². The number of nitrogens with one attached hydrogen (secondary N) is 1. The van der Waals surface area contributed by atoms with Crippen molar-refractivity contribution in [1.29, 1.82) is 0 Å². The highest BCUT2D eigenvalue weighted by molar-refractivity contribution is 5.67. The van der Waals surface area contributed by atoms with Gasteiger partial charge in [-0.3, -0.25) is 5.10 Å². The lowest BCUT2D eigenvalue weighted by Crippen LogP contribution is -1.86. The lowest BCUT2D eigenvalue weighted by molar-refractivity contribution is 0.373. The maximum Gasteiger partial charge on any atom is 0.181 e. The minimum Gasteiger partial charge on any atom is -0.507 e. The van der Waals surface area contributed by atoms with E-state index < -0.39 is 0 Å². The molecular weight excluding hydrogens is 270 g/mol. The molecule has 3 N–H and O–H groups in total. The fourth-order valence-corrected chi connectivity index (χ4v) is 2.00. The Kier molecular flexibility index (Phi) is 3.19. The molecule has 0 aliphatic heterocycles. The normalized spacial score (nSPS) is 10.5. The summed E-state index contributed by atoms with van der Waals surface area (Å²) in [5.74, 6) is 1.45. The molecular formula is C15H13N3O3. The number of para-hydroxylation sites is 1. The third kappa shape index (κ3) is 2.38. The Morgan fingerprint density at radius 3 is 2.62 bits per heavy atom. The van der Waals surface area contributed by atoms with Crippen LogP contribution in [0.15, 0.2) is 42.5 Å². The van der Waals surface area contributed by atoms with Gasteiger partial charge in [0.2, 0.25) is 0 Å². The van der Waals surface area contributed by atoms with Crippen LogP contribution in [0.1, 0.15) is 0 Å². The number of aromatic amines is 1. The van der Waals surface area contributed by atoms with Gasteiger partial charge in [-0.15, -0.1) is 0 Å². The molecule has 1 aromatic heterocycles. The average Bonchev–Trinajstić information content (AvgIpc) is 2.98. The Morgan fingerprint density at radius 2 is 1.86 bits per heavy atom. The van der Waals surface area contributed by atoms with Gasteiger partial charge in [0, 0.05) is 5.56 Å². The van der Waals surface area contributed by atoms with E-state index in [4.69, 9.17) is 4.74 Å². The number of aromatic nitrogens is 3. The fraction of sp³-hybridized carbons (Fsp3) is 0.0667. The summed E-state index contributed by atoms with van der Waals surface area (Å²) in [7, 11) is 1.48. The summed E-state index contributed by atoms with van der Waals surface area (Å²) in [6.07, 6.45) is 0. The summed E-state index contributed by atoms with van der Waals surface area (Å²) in [4.78, 5) is 4.35. The van der Waals surface area contributed by atoms with Crippen LogP contribution in [-0.2, 0) is 0 Å². The van der Waals surface area contributed by atoms with Crippen LogP contribution in [0.25, 0.3) is 22.8 Å². The Bertz CT molecular complexity index is 783. The van der Waals surface area contributed by atoms with Crippen LogP contribution >= 0.6 is 0 Å². The molecule has 106 valence electrons. The molecule has 6 nitrogen and oxygen atoms in total. The molecule has 0 amide bonds. The first-order chi connectivity index (χ1) is 10.2. The number of nitrogens with zero attached hydrogens (tertiary/aromatic N) is 2. The van der Waals surface area contributed by atoms with Gasteiger partial charge in [-0.2, -0.15) is 5.10 Å². The van der Waals surface area contributed by atoms with E-state index in [-0.39, 0.29) is 11.5 Å². The summed E-state index contributed by atoms with van der Waals surface area (Å²) in [5.41, 5.74) is 1.27. The molecule has 2 aromatic carbocycles. The molecule has 0 saturated carbocycles. The molecule has 0 fully saturated rings. The van der Waals surface area contributed by atoms with E-state index in [1.807, 2.05) is 0 Å². The molecule has 21 heavy (non-hydrogen) atoms. The number of ether oxygens (including phenoxy) is 1. The summed E-state index contributed by atoms with van der Waals surface area (Å²) in [6.45, 7) is 0. The quantitative estimate of drug-likeness (QED) is 0.687. The predicted molar refractivity (Wildman–Crippen MR) is 77.1 cm³/mol. The first kappa shape index (κ1) is 13.0. The molecule has 0 radical (unpaired) electrons. The lowest BCUT2D eigenvalue weighted by atomic mass is 10.2. The summed E-state index contributed by atoms with van der Waals surface area (Å²) >= 11 is 0. The molecule has 0 saturated heterocycles. The minimum atomic E-state index is 0.0534. The first-order valence-corrected chi connectivity index (χ1v) is 6.27. The standard InChI is InChI=1S/C15H13N3O3/c1-21-13-8-9(6-7-12(13)20)14-16-15(18-17-14)10-4-2-3-5-11(10)19/h2-8,19-20H,1H3,(H,16,17,18). The van der Waals surface area contributed by atoms with Crippen LogP contribution in [0.4, 0.5) is 0 Å². The van der Waals surface area contributed by atoms with Crippen molar-refractivity contribution in [1.82, 2.24) is 15.2 Å². The van der Waals surface area contributed by atoms with Crippen molar-refractivity contribution >= 4 is 0 Å². The van der Waals surface area contributed by atoms with Gasteiger partial charge in [-0.25, -0.2) is 4.98 Å². The number of H-pyrrole nitrogens is 1. The maximum atomic E-state index is 9.82. The van der Waals surface area contributed by atoms with E-state index in [0.29, 0.717) is 28.5 Å². The number of hydrogen-bond acceptors (Lipinski definition) is 5. The second kappa shape index (κ2) is 5.16. The Morgan fingerprint density at radius 1 is 1.05 bits per heavy atom. The number of rotatable bonds is 3. The zero-order chi connectivity index (χ0) is 14.8. The zero-order valence-corrected chi connectivity index (χ0v) is 11.2. The molecule has 0 atom stereocenters. The van der Waals surface area contributed by atoms with Crippen molar-refractivity contribution in [3.8, 4) is 40.0 Å². The van der Waals surface area contributed by atoms with Crippen molar-refractivity contribution in [2.45, 2.75) is 0 Å². The van der Waals surface area contributed by atoms with E-state index in [0.717, 1.165) is 0 Å². The molecule has 0 spiro atoms. The van der Waals surface area contributed by atoms with Crippen LogP contribution < -0.4 is 4.74 Å². The van der Waals surface area contributed by atoms with Crippen molar-refractivity contribution < 1.29 is 14.9 Å². The highest BCUT2D eigenvalue weighted by atomic mass is 16.5. The SMILES string of the molecule is COc1cc(-c2n[nH]c(-c3ccccc3O)n2)ccc1O. The van der Waals surface area contributed by atoms with Crippen molar-refractivity contribution in [2.75, 3.05) is 7.11 Å². The molecule has 6 heteroatoms. The van der Waals surface area contributed by atoms with Crippen molar-refractivity contribution in [2.24, 2.45) is 0 Å². The second-order valence-corrected chi connectivity index (χ2v) is 4.41. The topological polar surface area (TPSA) is 91.3 Å². The Balaban J connectivity index is 2.01. The lowest BCUT2D eigenvalue weighted by Gasteiger charge is -2.03. The van der Waals surface area contributed by atoms with Gasteiger partial charge in [0.1, 0.15) is 5.75 Å². The van der Waals surface area contributed by atoms with Crippen LogP contribution in [0, 0.1) is 0 Å². The third-order valence-corrected chi connectivity index (χ3v) is 3.08.